The van der Waals surface area contributed by atoms with Crippen LogP contribution in [-0.2, 0) is 0 Å². The second kappa shape index (κ2) is 7.46. The molecular formula is C19H25N7O. The lowest BCUT2D eigenvalue weighted by molar-refractivity contribution is 0.0786. The number of piperazine rings is 1. The van der Waals surface area contributed by atoms with E-state index in [1.54, 1.807) is 18.7 Å². The number of hydrogen-bond donors (Lipinski definition) is 0. The van der Waals surface area contributed by atoms with Crippen molar-refractivity contribution in [2.75, 3.05) is 49.1 Å². The lowest BCUT2D eigenvalue weighted by atomic mass is 10.2. The Morgan fingerprint density at radius 1 is 0.926 bits per heavy atom. The Labute approximate surface area is 159 Å². The third-order valence-electron chi connectivity index (χ3n) is 5.45. The average molecular weight is 367 g/mol. The molecule has 2 saturated heterocycles. The molecule has 142 valence electrons. The maximum absolute atomic E-state index is 12.6. The van der Waals surface area contributed by atoms with Gasteiger partial charge in [-0.15, -0.1) is 0 Å². The van der Waals surface area contributed by atoms with Crippen molar-refractivity contribution in [2.24, 2.45) is 0 Å². The third kappa shape index (κ3) is 3.56. The summed E-state index contributed by atoms with van der Waals surface area (Å²) in [5.74, 6) is 1.77. The van der Waals surface area contributed by atoms with E-state index < -0.39 is 0 Å². The highest BCUT2D eigenvalue weighted by molar-refractivity contribution is 5.92. The van der Waals surface area contributed by atoms with Crippen molar-refractivity contribution in [3.8, 4) is 0 Å². The van der Waals surface area contributed by atoms with Gasteiger partial charge in [-0.25, -0.2) is 15.0 Å². The highest BCUT2D eigenvalue weighted by atomic mass is 16.2. The topological polar surface area (TPSA) is 78.4 Å². The average Bonchev–Trinajstić information content (AvgIpc) is 3.25. The van der Waals surface area contributed by atoms with E-state index in [9.17, 15) is 4.79 Å². The van der Waals surface area contributed by atoms with Crippen molar-refractivity contribution in [3.05, 3.63) is 35.7 Å². The molecule has 0 N–H and O–H groups in total. The number of rotatable bonds is 3. The van der Waals surface area contributed by atoms with Gasteiger partial charge in [-0.1, -0.05) is 0 Å². The van der Waals surface area contributed by atoms with Crippen LogP contribution in [0.4, 0.5) is 11.6 Å². The van der Waals surface area contributed by atoms with Crippen molar-refractivity contribution in [1.82, 2.24) is 24.8 Å². The molecule has 8 nitrogen and oxygen atoms in total. The number of nitrogens with zero attached hydrogens (tertiary/aromatic N) is 7. The van der Waals surface area contributed by atoms with Crippen molar-refractivity contribution < 1.29 is 4.79 Å². The largest absolute Gasteiger partial charge is 0.353 e. The van der Waals surface area contributed by atoms with E-state index in [0.29, 0.717) is 5.69 Å². The number of aryl methyl sites for hydroxylation is 1. The van der Waals surface area contributed by atoms with E-state index in [0.717, 1.165) is 75.0 Å². The van der Waals surface area contributed by atoms with Crippen LogP contribution in [0.25, 0.3) is 0 Å². The molecule has 2 aromatic rings. The summed E-state index contributed by atoms with van der Waals surface area (Å²) in [7, 11) is 0. The number of aromatic nitrogens is 4. The normalized spacial score (nSPS) is 17.5. The summed E-state index contributed by atoms with van der Waals surface area (Å²) in [6.45, 7) is 9.05. The molecule has 4 rings (SSSR count). The van der Waals surface area contributed by atoms with Gasteiger partial charge in [0.1, 0.15) is 23.7 Å². The number of carbonyl (C=O) groups is 1. The molecule has 27 heavy (non-hydrogen) atoms. The summed E-state index contributed by atoms with van der Waals surface area (Å²) in [6.07, 6.45) is 7.10. The van der Waals surface area contributed by atoms with Gasteiger partial charge in [-0.2, -0.15) is 0 Å². The Kier molecular flexibility index (Phi) is 4.87. The van der Waals surface area contributed by atoms with Crippen molar-refractivity contribution >= 4 is 17.5 Å². The summed E-state index contributed by atoms with van der Waals surface area (Å²) in [5.41, 5.74) is 2.59. The Bertz CT molecular complexity index is 827. The lowest BCUT2D eigenvalue weighted by Gasteiger charge is -2.36. The van der Waals surface area contributed by atoms with E-state index in [4.69, 9.17) is 0 Å². The van der Waals surface area contributed by atoms with Gasteiger partial charge in [0.25, 0.3) is 5.91 Å². The Balaban J connectivity index is 1.44. The fourth-order valence-electron chi connectivity index (χ4n) is 3.69. The third-order valence-corrected chi connectivity index (χ3v) is 5.45. The lowest BCUT2D eigenvalue weighted by Crippen LogP contribution is -2.47. The monoisotopic (exact) mass is 367 g/mol. The molecule has 2 aromatic heterocycles. The maximum Gasteiger partial charge on any atom is 0.274 e. The minimum Gasteiger partial charge on any atom is -0.353 e. The van der Waals surface area contributed by atoms with E-state index in [-0.39, 0.29) is 5.91 Å². The predicted octanol–water partition coefficient (Wildman–Crippen LogP) is 1.45. The summed E-state index contributed by atoms with van der Waals surface area (Å²) in [5, 5.41) is 0. The van der Waals surface area contributed by atoms with Crippen LogP contribution in [0.3, 0.4) is 0 Å². The Morgan fingerprint density at radius 2 is 1.63 bits per heavy atom. The molecule has 2 aliphatic rings. The molecular weight excluding hydrogens is 342 g/mol. The second-order valence-electron chi connectivity index (χ2n) is 7.14. The van der Waals surface area contributed by atoms with Gasteiger partial charge in [-0.05, 0) is 26.7 Å². The molecule has 4 heterocycles. The van der Waals surface area contributed by atoms with Crippen LogP contribution < -0.4 is 9.80 Å². The standard InChI is InChI=1S/C19H25N7O/c1-14-15(2)21-13-22-18(14)25-9-7-24(8-10-25)17-12-20-11-16(23-17)19(27)26-5-3-4-6-26/h11-13H,3-10H2,1-2H3. The maximum atomic E-state index is 12.6. The van der Waals surface area contributed by atoms with Crippen LogP contribution in [0, 0.1) is 13.8 Å². The van der Waals surface area contributed by atoms with Crippen LogP contribution >= 0.6 is 0 Å². The first-order chi connectivity index (χ1) is 13.1. The number of anilines is 2. The SMILES string of the molecule is Cc1ncnc(N2CCN(c3cncc(C(=O)N4CCCC4)n3)CC2)c1C. The second-order valence-corrected chi connectivity index (χ2v) is 7.14. The van der Waals surface area contributed by atoms with Gasteiger partial charge in [0.05, 0.1) is 12.4 Å². The van der Waals surface area contributed by atoms with Crippen molar-refractivity contribution in [2.45, 2.75) is 26.7 Å². The zero-order valence-electron chi connectivity index (χ0n) is 15.9. The molecule has 0 spiro atoms. The molecule has 0 radical (unpaired) electrons. The zero-order chi connectivity index (χ0) is 18.8. The minimum absolute atomic E-state index is 0.00688. The van der Waals surface area contributed by atoms with Crippen molar-refractivity contribution in [1.29, 1.82) is 0 Å². The number of amides is 1. The van der Waals surface area contributed by atoms with Gasteiger partial charge in [-0.3, -0.25) is 9.78 Å². The Morgan fingerprint density at radius 3 is 2.37 bits per heavy atom. The van der Waals surface area contributed by atoms with Gasteiger partial charge >= 0.3 is 0 Å². The van der Waals surface area contributed by atoms with Crippen molar-refractivity contribution in [3.63, 3.8) is 0 Å². The summed E-state index contributed by atoms with van der Waals surface area (Å²) >= 11 is 0. The number of likely N-dealkylation sites (tertiary alicyclic amines) is 1. The molecule has 2 fully saturated rings. The van der Waals surface area contributed by atoms with E-state index in [2.05, 4.69) is 36.7 Å². The fraction of sp³-hybridized carbons (Fsp3) is 0.526. The van der Waals surface area contributed by atoms with E-state index >= 15 is 0 Å². The van der Waals surface area contributed by atoms with Crippen LogP contribution in [0.5, 0.6) is 0 Å². The summed E-state index contributed by atoms with van der Waals surface area (Å²) in [6, 6.07) is 0. The minimum atomic E-state index is -0.00688. The summed E-state index contributed by atoms with van der Waals surface area (Å²) < 4.78 is 0. The molecule has 2 aliphatic heterocycles. The quantitative estimate of drug-likeness (QED) is 0.812. The first-order valence-corrected chi connectivity index (χ1v) is 9.53. The number of carbonyl (C=O) groups excluding carboxylic acids is 1. The van der Waals surface area contributed by atoms with Gasteiger partial charge in [0, 0.05) is 50.5 Å². The molecule has 0 unspecified atom stereocenters. The van der Waals surface area contributed by atoms with Gasteiger partial charge in [0.15, 0.2) is 0 Å². The van der Waals surface area contributed by atoms with E-state index in [1.165, 1.54) is 0 Å². The molecule has 0 saturated carbocycles. The van der Waals surface area contributed by atoms with Gasteiger partial charge < -0.3 is 14.7 Å². The first-order valence-electron chi connectivity index (χ1n) is 9.53. The molecule has 0 bridgehead atoms. The summed E-state index contributed by atoms with van der Waals surface area (Å²) in [4.78, 5) is 36.5. The number of hydrogen-bond acceptors (Lipinski definition) is 7. The molecule has 8 heteroatoms. The molecule has 0 aromatic carbocycles. The van der Waals surface area contributed by atoms with Crippen LogP contribution in [-0.4, -0.2) is 70.0 Å². The molecule has 0 aliphatic carbocycles. The molecule has 0 atom stereocenters. The smallest absolute Gasteiger partial charge is 0.274 e. The van der Waals surface area contributed by atoms with Crippen LogP contribution in [0.2, 0.25) is 0 Å². The zero-order valence-corrected chi connectivity index (χ0v) is 15.9. The van der Waals surface area contributed by atoms with Crippen LogP contribution in [0.15, 0.2) is 18.7 Å². The van der Waals surface area contributed by atoms with Gasteiger partial charge in [0.2, 0.25) is 0 Å². The fourth-order valence-corrected chi connectivity index (χ4v) is 3.69. The highest BCUT2D eigenvalue weighted by Crippen LogP contribution is 2.22. The molecule has 1 amide bonds. The van der Waals surface area contributed by atoms with E-state index in [1.807, 2.05) is 11.8 Å². The highest BCUT2D eigenvalue weighted by Gasteiger charge is 2.24. The first kappa shape index (κ1) is 17.6. The predicted molar refractivity (Wildman–Crippen MR) is 103 cm³/mol. The van der Waals surface area contributed by atoms with Crippen LogP contribution in [0.1, 0.15) is 34.6 Å². The Hall–Kier alpha value is -2.77.